The van der Waals surface area contributed by atoms with E-state index in [9.17, 15) is 9.90 Å². The van der Waals surface area contributed by atoms with Gasteiger partial charge in [-0.05, 0) is 29.8 Å². The number of amides is 2. The number of nitrogens with one attached hydrogen (secondary N) is 2. The lowest BCUT2D eigenvalue weighted by molar-refractivity contribution is 0.251. The molecule has 2 aromatic rings. The van der Waals surface area contributed by atoms with Gasteiger partial charge in [-0.25, -0.2) is 4.79 Å². The van der Waals surface area contributed by atoms with E-state index in [0.717, 1.165) is 11.3 Å². The van der Waals surface area contributed by atoms with Gasteiger partial charge in [0.05, 0.1) is 7.11 Å². The number of aromatic hydroxyl groups is 1. The zero-order chi connectivity index (χ0) is 14.4. The Bertz CT molecular complexity index is 599. The van der Waals surface area contributed by atoms with E-state index in [1.807, 2.05) is 24.3 Å². The average Bonchev–Trinajstić information content (AvgIpc) is 2.45. The van der Waals surface area contributed by atoms with Crippen LogP contribution in [-0.4, -0.2) is 18.2 Å². The molecule has 0 bridgehead atoms. The SMILES string of the molecule is COc1cccc(CNC(=O)Nc2cccc(O)c2)c1. The number of ether oxygens (including phenoxy) is 1. The first-order chi connectivity index (χ1) is 9.67. The number of urea groups is 1. The molecule has 2 aromatic carbocycles. The lowest BCUT2D eigenvalue weighted by Gasteiger charge is -2.08. The molecule has 20 heavy (non-hydrogen) atoms. The molecule has 0 atom stereocenters. The number of carbonyl (C=O) groups is 1. The molecule has 0 aliphatic heterocycles. The maximum Gasteiger partial charge on any atom is 0.319 e. The van der Waals surface area contributed by atoms with Crippen molar-refractivity contribution in [3.05, 3.63) is 54.1 Å². The molecule has 0 heterocycles. The largest absolute Gasteiger partial charge is 0.508 e. The number of anilines is 1. The third-order valence-corrected chi connectivity index (χ3v) is 2.69. The summed E-state index contributed by atoms with van der Waals surface area (Å²) >= 11 is 0. The summed E-state index contributed by atoms with van der Waals surface area (Å²) in [5.74, 6) is 0.855. The molecule has 0 radical (unpaired) electrons. The van der Waals surface area contributed by atoms with E-state index >= 15 is 0 Å². The van der Waals surface area contributed by atoms with Gasteiger partial charge in [0, 0.05) is 18.3 Å². The molecule has 3 N–H and O–H groups in total. The van der Waals surface area contributed by atoms with Crippen molar-refractivity contribution in [3.63, 3.8) is 0 Å². The number of phenols is 1. The van der Waals surface area contributed by atoms with Crippen molar-refractivity contribution in [2.24, 2.45) is 0 Å². The van der Waals surface area contributed by atoms with Gasteiger partial charge in [0.2, 0.25) is 0 Å². The molecule has 0 aromatic heterocycles. The van der Waals surface area contributed by atoms with E-state index in [4.69, 9.17) is 4.74 Å². The van der Waals surface area contributed by atoms with Crippen LogP contribution in [0.25, 0.3) is 0 Å². The Hall–Kier alpha value is -2.69. The molecule has 2 rings (SSSR count). The second kappa shape index (κ2) is 6.47. The number of hydrogen-bond acceptors (Lipinski definition) is 3. The molecule has 2 amide bonds. The standard InChI is InChI=1S/C15H16N2O3/c1-20-14-7-2-4-11(8-14)10-16-15(19)17-12-5-3-6-13(18)9-12/h2-9,18H,10H2,1H3,(H2,16,17,19). The minimum absolute atomic E-state index is 0.107. The second-order valence-corrected chi connectivity index (χ2v) is 4.21. The lowest BCUT2D eigenvalue weighted by Crippen LogP contribution is -2.28. The molecule has 104 valence electrons. The van der Waals surface area contributed by atoms with Crippen LogP contribution in [0.1, 0.15) is 5.56 Å². The Kier molecular flexibility index (Phi) is 4.44. The fourth-order valence-corrected chi connectivity index (χ4v) is 1.72. The van der Waals surface area contributed by atoms with E-state index < -0.39 is 0 Å². The first kappa shape index (κ1) is 13.7. The van der Waals surface area contributed by atoms with Crippen LogP contribution in [0.2, 0.25) is 0 Å². The molecule has 0 spiro atoms. The van der Waals surface area contributed by atoms with Crippen molar-refractivity contribution < 1.29 is 14.6 Å². The number of hydrogen-bond donors (Lipinski definition) is 3. The van der Waals surface area contributed by atoms with Crippen molar-refractivity contribution in [2.45, 2.75) is 6.54 Å². The van der Waals surface area contributed by atoms with Gasteiger partial charge >= 0.3 is 6.03 Å². The van der Waals surface area contributed by atoms with Gasteiger partial charge in [0.25, 0.3) is 0 Å². The van der Waals surface area contributed by atoms with Crippen LogP contribution in [0.15, 0.2) is 48.5 Å². The number of phenolic OH excluding ortho intramolecular Hbond substituents is 1. The predicted octanol–water partition coefficient (Wildman–Crippen LogP) is 2.72. The van der Waals surface area contributed by atoms with Crippen molar-refractivity contribution in [2.75, 3.05) is 12.4 Å². The summed E-state index contributed by atoms with van der Waals surface area (Å²) in [7, 11) is 1.60. The molecule has 5 nitrogen and oxygen atoms in total. The van der Waals surface area contributed by atoms with Gasteiger partial charge in [-0.15, -0.1) is 0 Å². The van der Waals surface area contributed by atoms with Crippen molar-refractivity contribution in [1.82, 2.24) is 5.32 Å². The van der Waals surface area contributed by atoms with Crippen molar-refractivity contribution in [3.8, 4) is 11.5 Å². The van der Waals surface area contributed by atoms with Crippen molar-refractivity contribution in [1.29, 1.82) is 0 Å². The van der Waals surface area contributed by atoms with Crippen molar-refractivity contribution >= 4 is 11.7 Å². The first-order valence-corrected chi connectivity index (χ1v) is 6.14. The molecule has 0 fully saturated rings. The van der Waals surface area contributed by atoms with E-state index in [1.165, 1.54) is 6.07 Å². The van der Waals surface area contributed by atoms with E-state index in [0.29, 0.717) is 12.2 Å². The summed E-state index contributed by atoms with van der Waals surface area (Å²) in [4.78, 5) is 11.7. The Morgan fingerprint density at radius 1 is 1.20 bits per heavy atom. The van der Waals surface area contributed by atoms with Gasteiger partial charge in [-0.1, -0.05) is 18.2 Å². The summed E-state index contributed by atoms with van der Waals surface area (Å²) in [5.41, 5.74) is 1.48. The molecule has 0 saturated carbocycles. The van der Waals surface area contributed by atoms with Gasteiger partial charge in [0.15, 0.2) is 0 Å². The zero-order valence-corrected chi connectivity index (χ0v) is 11.1. The fourth-order valence-electron chi connectivity index (χ4n) is 1.72. The van der Waals surface area contributed by atoms with Crippen LogP contribution in [0.3, 0.4) is 0 Å². The molecule has 0 unspecified atom stereocenters. The highest BCUT2D eigenvalue weighted by Crippen LogP contribution is 2.15. The van der Waals surface area contributed by atoms with E-state index in [2.05, 4.69) is 10.6 Å². The highest BCUT2D eigenvalue weighted by Gasteiger charge is 2.03. The van der Waals surface area contributed by atoms with Crippen LogP contribution in [0, 0.1) is 0 Å². The van der Waals surface area contributed by atoms with Crippen LogP contribution in [0.5, 0.6) is 11.5 Å². The minimum Gasteiger partial charge on any atom is -0.508 e. The van der Waals surface area contributed by atoms with Gasteiger partial charge in [-0.3, -0.25) is 0 Å². The predicted molar refractivity (Wildman–Crippen MR) is 77.0 cm³/mol. The molecular formula is C15H16N2O3. The molecular weight excluding hydrogens is 256 g/mol. The lowest BCUT2D eigenvalue weighted by atomic mass is 10.2. The maximum absolute atomic E-state index is 11.7. The third-order valence-electron chi connectivity index (χ3n) is 2.69. The molecule has 0 saturated heterocycles. The molecule has 0 aliphatic carbocycles. The van der Waals surface area contributed by atoms with E-state index in [-0.39, 0.29) is 11.8 Å². The topological polar surface area (TPSA) is 70.6 Å². The molecule has 0 aliphatic rings. The van der Waals surface area contributed by atoms with Gasteiger partial charge in [-0.2, -0.15) is 0 Å². The minimum atomic E-state index is -0.335. The van der Waals surface area contributed by atoms with Gasteiger partial charge < -0.3 is 20.5 Å². The number of benzene rings is 2. The second-order valence-electron chi connectivity index (χ2n) is 4.21. The van der Waals surface area contributed by atoms with Crippen LogP contribution < -0.4 is 15.4 Å². The highest BCUT2D eigenvalue weighted by molar-refractivity contribution is 5.89. The van der Waals surface area contributed by atoms with Gasteiger partial charge in [0.1, 0.15) is 11.5 Å². The number of carbonyl (C=O) groups excluding carboxylic acids is 1. The first-order valence-electron chi connectivity index (χ1n) is 6.14. The van der Waals surface area contributed by atoms with Crippen LogP contribution in [0.4, 0.5) is 10.5 Å². The summed E-state index contributed by atoms with van der Waals surface area (Å²) in [6.45, 7) is 0.391. The Morgan fingerprint density at radius 3 is 2.75 bits per heavy atom. The summed E-state index contributed by atoms with van der Waals surface area (Å²) in [5, 5.41) is 14.7. The highest BCUT2D eigenvalue weighted by atomic mass is 16.5. The van der Waals surface area contributed by atoms with Crippen LogP contribution in [-0.2, 0) is 6.54 Å². The number of rotatable bonds is 4. The Balaban J connectivity index is 1.88. The quantitative estimate of drug-likeness (QED) is 0.801. The maximum atomic E-state index is 11.7. The Morgan fingerprint density at radius 2 is 2.00 bits per heavy atom. The Labute approximate surface area is 117 Å². The summed E-state index contributed by atoms with van der Waals surface area (Å²) in [6.07, 6.45) is 0. The monoisotopic (exact) mass is 272 g/mol. The third kappa shape index (κ3) is 3.91. The zero-order valence-electron chi connectivity index (χ0n) is 11.1. The summed E-state index contributed by atoms with van der Waals surface area (Å²) < 4.78 is 5.11. The smallest absolute Gasteiger partial charge is 0.319 e. The molecule has 5 heteroatoms. The average molecular weight is 272 g/mol. The fraction of sp³-hybridized carbons (Fsp3) is 0.133. The van der Waals surface area contributed by atoms with E-state index in [1.54, 1.807) is 25.3 Å². The summed E-state index contributed by atoms with van der Waals surface area (Å²) in [6, 6.07) is 13.5. The van der Waals surface area contributed by atoms with Crippen LogP contribution >= 0.6 is 0 Å². The normalized spacial score (nSPS) is 9.85. The number of methoxy groups -OCH3 is 1.